The molecular weight excluding hydrogens is 716 g/mol. The van der Waals surface area contributed by atoms with E-state index in [1.54, 1.807) is 18.3 Å². The molecule has 52 heavy (non-hydrogen) atoms. The second-order valence-corrected chi connectivity index (χ2v) is 16.0. The Morgan fingerprint density at radius 3 is 2.44 bits per heavy atom. The molecule has 16 heteroatoms. The van der Waals surface area contributed by atoms with Gasteiger partial charge in [-0.2, -0.15) is 4.31 Å². The number of carbonyl (C=O) groups excluding carboxylic acids is 1. The van der Waals surface area contributed by atoms with Gasteiger partial charge in [0, 0.05) is 54.7 Å². The first kappa shape index (κ1) is 38.3. The van der Waals surface area contributed by atoms with E-state index in [-0.39, 0.29) is 43.2 Å². The highest BCUT2D eigenvalue weighted by molar-refractivity contribution is 7.89. The van der Waals surface area contributed by atoms with Crippen molar-refractivity contribution in [2.75, 3.05) is 32.8 Å². The van der Waals surface area contributed by atoms with Crippen LogP contribution >= 0.6 is 11.6 Å². The highest BCUT2D eigenvalue weighted by atomic mass is 35.5. The Hall–Kier alpha value is -3.38. The second kappa shape index (κ2) is 16.3. The molecule has 7 N–H and O–H groups in total. The van der Waals surface area contributed by atoms with Gasteiger partial charge in [-0.05, 0) is 79.5 Å². The number of sulfonamides is 1. The fraction of sp³-hybridized carbons (Fsp3) is 0.500. The number of hydrogen-bond donors (Lipinski definition) is 7. The smallest absolute Gasteiger partial charge is 0.314 e. The monoisotopic (exact) mass is 760 g/mol. The molecule has 0 spiro atoms. The molecule has 3 aromatic rings. The standard InChI is InChI=1S/C36H45ClN4O10S/c37-29-8-7-25(52(48,49)41-18-22(19-41)9-14-39-35(47)40-17-30(43)33(45)34(46)31(44)20-42)15-23(29)21-50-36(11-12-36)28-16-38-13-10-26(28)27-3-1-2-4-32(27)51-24-5-6-24/h1-4,7-8,10,13,15-16,22,24,30-31,33-34,42-46H,5-6,9,11-12,14,17-21H2,(H2,39,40,47)/t30-,31?,33+,34+/m0/s1. The number of amides is 2. The van der Waals surface area contributed by atoms with Crippen LogP contribution in [-0.4, -0.2) is 113 Å². The minimum absolute atomic E-state index is 0.0101. The number of nitrogens with zero attached hydrogens (tertiary/aromatic N) is 2. The van der Waals surface area contributed by atoms with Crippen LogP contribution in [0.3, 0.4) is 0 Å². The van der Waals surface area contributed by atoms with Crippen molar-refractivity contribution in [3.63, 3.8) is 0 Å². The number of aromatic nitrogens is 1. The number of aliphatic hydroxyl groups excluding tert-OH is 5. The van der Waals surface area contributed by atoms with E-state index in [0.29, 0.717) is 17.0 Å². The van der Waals surface area contributed by atoms with E-state index in [9.17, 15) is 33.6 Å². The number of carbonyl (C=O) groups is 1. The molecule has 282 valence electrons. The van der Waals surface area contributed by atoms with Crippen LogP contribution in [-0.2, 0) is 27.0 Å². The summed E-state index contributed by atoms with van der Waals surface area (Å²) in [4.78, 5) is 16.6. The molecule has 2 amide bonds. The van der Waals surface area contributed by atoms with Crippen LogP contribution in [0, 0.1) is 5.92 Å². The zero-order valence-corrected chi connectivity index (χ0v) is 30.0. The summed E-state index contributed by atoms with van der Waals surface area (Å²) in [6.45, 7) is -0.340. The molecule has 2 aliphatic carbocycles. The highest BCUT2D eigenvalue weighted by Gasteiger charge is 2.48. The molecule has 0 radical (unpaired) electrons. The van der Waals surface area contributed by atoms with Gasteiger partial charge in [-0.3, -0.25) is 4.98 Å². The molecule has 1 unspecified atom stereocenters. The number of halogens is 1. The molecule has 2 saturated carbocycles. The lowest BCUT2D eigenvalue weighted by Crippen LogP contribution is -2.52. The fourth-order valence-electron chi connectivity index (χ4n) is 6.18. The summed E-state index contributed by atoms with van der Waals surface area (Å²) in [5, 5.41) is 53.1. The average molecular weight is 761 g/mol. The summed E-state index contributed by atoms with van der Waals surface area (Å²) in [7, 11) is -3.81. The molecule has 4 atom stereocenters. The second-order valence-electron chi connectivity index (χ2n) is 13.7. The van der Waals surface area contributed by atoms with Crippen LogP contribution in [0.15, 0.2) is 65.8 Å². The molecular formula is C36H45ClN4O10S. The molecule has 0 bridgehead atoms. The topological polar surface area (TPSA) is 211 Å². The van der Waals surface area contributed by atoms with Gasteiger partial charge in [0.15, 0.2) is 0 Å². The van der Waals surface area contributed by atoms with Gasteiger partial charge in [-0.25, -0.2) is 13.2 Å². The van der Waals surface area contributed by atoms with Crippen molar-refractivity contribution in [3.05, 3.63) is 77.1 Å². The number of nitrogens with one attached hydrogen (secondary N) is 2. The lowest BCUT2D eigenvalue weighted by molar-refractivity contribution is -0.113. The summed E-state index contributed by atoms with van der Waals surface area (Å²) in [6, 6.07) is 13.9. The van der Waals surface area contributed by atoms with Crippen molar-refractivity contribution in [1.82, 2.24) is 19.9 Å². The van der Waals surface area contributed by atoms with Gasteiger partial charge in [0.2, 0.25) is 10.0 Å². The van der Waals surface area contributed by atoms with Crippen LogP contribution in [0.25, 0.3) is 11.1 Å². The van der Waals surface area contributed by atoms with Crippen LogP contribution in [0.1, 0.15) is 43.2 Å². The third kappa shape index (κ3) is 8.86. The zero-order chi connectivity index (χ0) is 37.0. The van der Waals surface area contributed by atoms with Crippen LogP contribution in [0.2, 0.25) is 5.02 Å². The Morgan fingerprint density at radius 1 is 1.00 bits per heavy atom. The maximum atomic E-state index is 13.5. The number of para-hydroxylation sites is 1. The van der Waals surface area contributed by atoms with E-state index in [1.807, 2.05) is 36.5 Å². The molecule has 3 fully saturated rings. The highest BCUT2D eigenvalue weighted by Crippen LogP contribution is 2.53. The molecule has 1 aromatic heterocycles. The molecule has 2 aromatic carbocycles. The first-order chi connectivity index (χ1) is 24.9. The molecule has 6 rings (SSSR count). The maximum absolute atomic E-state index is 13.5. The lowest BCUT2D eigenvalue weighted by Gasteiger charge is -2.38. The van der Waals surface area contributed by atoms with Crippen LogP contribution in [0.4, 0.5) is 4.79 Å². The third-order valence-corrected chi connectivity index (χ3v) is 11.9. The summed E-state index contributed by atoms with van der Waals surface area (Å²) in [6.07, 6.45) is 1.18. The minimum Gasteiger partial charge on any atom is -0.490 e. The largest absolute Gasteiger partial charge is 0.490 e. The Kier molecular flexibility index (Phi) is 12.0. The van der Waals surface area contributed by atoms with E-state index in [2.05, 4.69) is 15.6 Å². The average Bonchev–Trinajstić information content (AvgIpc) is 4.08. The lowest BCUT2D eigenvalue weighted by atomic mass is 9.96. The number of ether oxygens (including phenoxy) is 2. The quantitative estimate of drug-likeness (QED) is 0.0996. The Labute approximate surface area is 307 Å². The van der Waals surface area contributed by atoms with Gasteiger partial charge < -0.3 is 45.6 Å². The number of urea groups is 1. The molecule has 14 nitrogen and oxygen atoms in total. The van der Waals surface area contributed by atoms with Crippen molar-refractivity contribution in [2.24, 2.45) is 5.92 Å². The van der Waals surface area contributed by atoms with Crippen molar-refractivity contribution < 1.29 is 48.2 Å². The molecule has 2 heterocycles. The predicted molar refractivity (Wildman–Crippen MR) is 190 cm³/mol. The molecule has 1 aliphatic heterocycles. The minimum atomic E-state index is -3.81. The Balaban J connectivity index is 1.00. The van der Waals surface area contributed by atoms with Crippen molar-refractivity contribution in [2.45, 2.75) is 79.7 Å². The zero-order valence-electron chi connectivity index (χ0n) is 28.5. The number of benzene rings is 2. The Bertz CT molecular complexity index is 1820. The van der Waals surface area contributed by atoms with Gasteiger partial charge in [0.1, 0.15) is 24.1 Å². The molecule has 3 aliphatic rings. The first-order valence-electron chi connectivity index (χ1n) is 17.4. The normalized spacial score (nSPS) is 19.6. The summed E-state index contributed by atoms with van der Waals surface area (Å²) < 4.78 is 41.2. The first-order valence-corrected chi connectivity index (χ1v) is 19.2. The van der Waals surface area contributed by atoms with Gasteiger partial charge in [0.05, 0.1) is 35.9 Å². The van der Waals surface area contributed by atoms with E-state index in [4.69, 9.17) is 26.2 Å². The summed E-state index contributed by atoms with van der Waals surface area (Å²) in [5.41, 5.74) is 2.88. The number of rotatable bonds is 18. The van der Waals surface area contributed by atoms with Crippen molar-refractivity contribution in [1.29, 1.82) is 0 Å². The van der Waals surface area contributed by atoms with Crippen LogP contribution < -0.4 is 15.4 Å². The third-order valence-electron chi connectivity index (χ3n) is 9.73. The van der Waals surface area contributed by atoms with E-state index >= 15 is 0 Å². The number of aliphatic hydroxyl groups is 5. The van der Waals surface area contributed by atoms with E-state index in [1.165, 1.54) is 10.4 Å². The Morgan fingerprint density at radius 2 is 1.73 bits per heavy atom. The van der Waals surface area contributed by atoms with Crippen molar-refractivity contribution in [3.8, 4) is 16.9 Å². The van der Waals surface area contributed by atoms with Gasteiger partial charge in [0.25, 0.3) is 0 Å². The fourth-order valence-corrected chi connectivity index (χ4v) is 7.99. The summed E-state index contributed by atoms with van der Waals surface area (Å²) >= 11 is 6.55. The van der Waals surface area contributed by atoms with E-state index in [0.717, 1.165) is 48.1 Å². The van der Waals surface area contributed by atoms with Gasteiger partial charge in [-0.15, -0.1) is 0 Å². The predicted octanol–water partition coefficient (Wildman–Crippen LogP) is 1.89. The number of hydrogen-bond acceptors (Lipinski definition) is 11. The summed E-state index contributed by atoms with van der Waals surface area (Å²) in [5.74, 6) is 0.838. The van der Waals surface area contributed by atoms with Crippen molar-refractivity contribution >= 4 is 27.7 Å². The van der Waals surface area contributed by atoms with Crippen LogP contribution in [0.5, 0.6) is 5.75 Å². The molecule has 1 saturated heterocycles. The van der Waals surface area contributed by atoms with Gasteiger partial charge >= 0.3 is 6.03 Å². The van der Waals surface area contributed by atoms with Gasteiger partial charge in [-0.1, -0.05) is 29.8 Å². The SMILES string of the molecule is O=C(NCCC1CN(S(=O)(=O)c2ccc(Cl)c(COC3(c4cnccc4-c4ccccc4OC4CC4)CC3)c2)C1)NC[C@H](O)[C@@H](O)[C@H](O)C(O)CO. The number of pyridine rings is 1. The van der Waals surface area contributed by atoms with E-state index < -0.39 is 59.2 Å². The maximum Gasteiger partial charge on any atom is 0.314 e.